The van der Waals surface area contributed by atoms with Crippen molar-refractivity contribution in [2.75, 3.05) is 0 Å². The highest BCUT2D eigenvalue weighted by Crippen LogP contribution is 2.17. The molecule has 0 saturated heterocycles. The maximum Gasteiger partial charge on any atom is 0.272 e. The normalized spacial score (nSPS) is 11.0. The molecule has 0 radical (unpaired) electrons. The number of carbonyl (C=O) groups is 1. The molecule has 108 valence electrons. The third-order valence-corrected chi connectivity index (χ3v) is 3.17. The van der Waals surface area contributed by atoms with Crippen molar-refractivity contribution in [3.05, 3.63) is 71.7 Å². The van der Waals surface area contributed by atoms with Gasteiger partial charge in [-0.2, -0.15) is 5.10 Å². The summed E-state index contributed by atoms with van der Waals surface area (Å²) in [7, 11) is 0. The number of aryl methyl sites for hydroxylation is 1. The van der Waals surface area contributed by atoms with Gasteiger partial charge in [0.2, 0.25) is 0 Å². The van der Waals surface area contributed by atoms with Crippen LogP contribution in [0, 0.1) is 6.92 Å². The minimum Gasteiger partial charge on any atom is -0.267 e. The molecule has 1 N–H and O–H groups in total. The number of nitrogens with one attached hydrogen (secondary N) is 1. The average Bonchev–Trinajstić information content (AvgIpc) is 2.55. The van der Waals surface area contributed by atoms with Crippen molar-refractivity contribution in [2.24, 2.45) is 5.10 Å². The van der Waals surface area contributed by atoms with Crippen molar-refractivity contribution in [1.82, 2.24) is 15.4 Å². The molecule has 5 nitrogen and oxygen atoms in total. The van der Waals surface area contributed by atoms with Crippen LogP contribution in [0.5, 0.6) is 0 Å². The zero-order valence-corrected chi connectivity index (χ0v) is 12.0. The van der Waals surface area contributed by atoms with Gasteiger partial charge in [-0.05, 0) is 36.8 Å². The number of rotatable bonds is 3. The van der Waals surface area contributed by atoms with Gasteiger partial charge in [0.1, 0.15) is 0 Å². The Morgan fingerprint density at radius 3 is 2.77 bits per heavy atom. The smallest absolute Gasteiger partial charge is 0.267 e. The van der Waals surface area contributed by atoms with Crippen molar-refractivity contribution in [1.29, 1.82) is 0 Å². The molecule has 0 fully saturated rings. The minimum atomic E-state index is -0.257. The van der Waals surface area contributed by atoms with Crippen molar-refractivity contribution >= 4 is 23.0 Å². The van der Waals surface area contributed by atoms with E-state index in [0.717, 1.165) is 22.2 Å². The van der Waals surface area contributed by atoms with Crippen molar-refractivity contribution < 1.29 is 4.79 Å². The summed E-state index contributed by atoms with van der Waals surface area (Å²) in [6, 6.07) is 12.9. The number of benzene rings is 1. The highest BCUT2D eigenvalue weighted by molar-refractivity contribution is 6.06. The quantitative estimate of drug-likeness (QED) is 0.595. The molecule has 0 unspecified atom stereocenters. The van der Waals surface area contributed by atoms with E-state index < -0.39 is 0 Å². The van der Waals surface area contributed by atoms with Gasteiger partial charge >= 0.3 is 0 Å². The van der Waals surface area contributed by atoms with Crippen LogP contribution in [-0.2, 0) is 0 Å². The predicted octanol–water partition coefficient (Wildman–Crippen LogP) is 2.70. The zero-order valence-electron chi connectivity index (χ0n) is 12.0. The summed E-state index contributed by atoms with van der Waals surface area (Å²) in [5.74, 6) is -0.257. The lowest BCUT2D eigenvalue weighted by Crippen LogP contribution is -2.18. The van der Waals surface area contributed by atoms with E-state index in [4.69, 9.17) is 0 Å². The van der Waals surface area contributed by atoms with E-state index in [0.29, 0.717) is 5.56 Å². The van der Waals surface area contributed by atoms with Gasteiger partial charge in [-0.15, -0.1) is 0 Å². The second kappa shape index (κ2) is 6.13. The van der Waals surface area contributed by atoms with Gasteiger partial charge in [-0.25, -0.2) is 5.43 Å². The molecule has 0 aliphatic heterocycles. The second-order valence-electron chi connectivity index (χ2n) is 4.81. The van der Waals surface area contributed by atoms with Crippen LogP contribution in [0.2, 0.25) is 0 Å². The number of aromatic nitrogens is 2. The molecule has 0 spiro atoms. The molecule has 22 heavy (non-hydrogen) atoms. The Morgan fingerprint density at radius 1 is 1.18 bits per heavy atom. The van der Waals surface area contributed by atoms with Crippen LogP contribution in [0.15, 0.2) is 60.0 Å². The molecule has 0 aliphatic carbocycles. The van der Waals surface area contributed by atoms with Crippen molar-refractivity contribution in [3.8, 4) is 0 Å². The fraction of sp³-hybridized carbons (Fsp3) is 0.0588. The van der Waals surface area contributed by atoms with Gasteiger partial charge in [0.05, 0.1) is 17.3 Å². The summed E-state index contributed by atoms with van der Waals surface area (Å²) in [4.78, 5) is 20.7. The fourth-order valence-corrected chi connectivity index (χ4v) is 2.17. The maximum absolute atomic E-state index is 12.3. The minimum absolute atomic E-state index is 0.257. The molecule has 2 aromatic heterocycles. The number of hydrogen-bond acceptors (Lipinski definition) is 4. The topological polar surface area (TPSA) is 67.2 Å². The molecule has 3 rings (SSSR count). The summed E-state index contributed by atoms with van der Waals surface area (Å²) in [5, 5.41) is 4.79. The first-order chi connectivity index (χ1) is 10.7. The summed E-state index contributed by atoms with van der Waals surface area (Å²) in [5.41, 5.74) is 5.57. The van der Waals surface area contributed by atoms with Crippen LogP contribution in [-0.4, -0.2) is 22.1 Å². The molecule has 0 aliphatic rings. The third kappa shape index (κ3) is 2.98. The van der Waals surface area contributed by atoms with E-state index in [-0.39, 0.29) is 5.91 Å². The van der Waals surface area contributed by atoms with Crippen LogP contribution in [0.25, 0.3) is 10.9 Å². The molecular weight excluding hydrogens is 276 g/mol. The van der Waals surface area contributed by atoms with Gasteiger partial charge in [0.25, 0.3) is 5.91 Å². The van der Waals surface area contributed by atoms with Crippen LogP contribution in [0.3, 0.4) is 0 Å². The van der Waals surface area contributed by atoms with E-state index in [9.17, 15) is 4.79 Å². The van der Waals surface area contributed by atoms with Gasteiger partial charge < -0.3 is 0 Å². The first-order valence-electron chi connectivity index (χ1n) is 6.84. The number of carbonyl (C=O) groups excluding carboxylic acids is 1. The number of fused-ring (bicyclic) bond motifs is 1. The van der Waals surface area contributed by atoms with Crippen LogP contribution in [0.1, 0.15) is 21.6 Å². The predicted molar refractivity (Wildman–Crippen MR) is 85.8 cm³/mol. The SMILES string of the molecule is Cc1cc(C(=O)NN=Cc2ccncc2)c2ccccc2n1. The summed E-state index contributed by atoms with van der Waals surface area (Å²) >= 11 is 0. The van der Waals surface area contributed by atoms with E-state index in [1.807, 2.05) is 43.3 Å². The maximum atomic E-state index is 12.3. The molecule has 0 atom stereocenters. The van der Waals surface area contributed by atoms with Crippen LogP contribution in [0.4, 0.5) is 0 Å². The monoisotopic (exact) mass is 290 g/mol. The molecule has 0 bridgehead atoms. The van der Waals surface area contributed by atoms with Gasteiger partial charge in [0.15, 0.2) is 0 Å². The molecule has 3 aromatic rings. The summed E-state index contributed by atoms with van der Waals surface area (Å²) in [6.45, 7) is 1.86. The molecule has 5 heteroatoms. The first-order valence-corrected chi connectivity index (χ1v) is 6.84. The Balaban J connectivity index is 1.85. The number of hydrogen-bond donors (Lipinski definition) is 1. The number of pyridine rings is 2. The van der Waals surface area contributed by atoms with E-state index in [1.165, 1.54) is 0 Å². The van der Waals surface area contributed by atoms with Gasteiger partial charge in [-0.3, -0.25) is 14.8 Å². The van der Waals surface area contributed by atoms with E-state index >= 15 is 0 Å². The Labute approximate surface area is 127 Å². The van der Waals surface area contributed by atoms with Crippen molar-refractivity contribution in [2.45, 2.75) is 6.92 Å². The fourth-order valence-electron chi connectivity index (χ4n) is 2.17. The van der Waals surface area contributed by atoms with Crippen LogP contribution < -0.4 is 5.43 Å². The van der Waals surface area contributed by atoms with E-state index in [2.05, 4.69) is 20.5 Å². The average molecular weight is 290 g/mol. The Hall–Kier alpha value is -3.08. The lowest BCUT2D eigenvalue weighted by Gasteiger charge is -2.06. The molecule has 0 saturated carbocycles. The lowest BCUT2D eigenvalue weighted by atomic mass is 10.1. The zero-order chi connectivity index (χ0) is 15.4. The summed E-state index contributed by atoms with van der Waals surface area (Å²) in [6.07, 6.45) is 4.92. The number of amides is 1. The van der Waals surface area contributed by atoms with Crippen molar-refractivity contribution in [3.63, 3.8) is 0 Å². The Kier molecular flexibility index (Phi) is 3.87. The first kappa shape index (κ1) is 13.9. The Morgan fingerprint density at radius 2 is 1.95 bits per heavy atom. The van der Waals surface area contributed by atoms with E-state index in [1.54, 1.807) is 24.7 Å². The highest BCUT2D eigenvalue weighted by Gasteiger charge is 2.10. The van der Waals surface area contributed by atoms with Gasteiger partial charge in [-0.1, -0.05) is 18.2 Å². The van der Waals surface area contributed by atoms with Crippen LogP contribution >= 0.6 is 0 Å². The third-order valence-electron chi connectivity index (χ3n) is 3.17. The molecular formula is C17H14N4O. The number of nitrogens with zero attached hydrogens (tertiary/aromatic N) is 3. The number of hydrazone groups is 1. The Bertz CT molecular complexity index is 844. The second-order valence-corrected chi connectivity index (χ2v) is 4.81. The summed E-state index contributed by atoms with van der Waals surface area (Å²) < 4.78 is 0. The lowest BCUT2D eigenvalue weighted by molar-refractivity contribution is 0.0956. The highest BCUT2D eigenvalue weighted by atomic mass is 16.2. The molecule has 2 heterocycles. The molecule has 1 aromatic carbocycles. The van der Waals surface area contributed by atoms with Gasteiger partial charge in [0, 0.05) is 23.5 Å². The molecule has 1 amide bonds. The number of para-hydroxylation sites is 1. The standard InChI is InChI=1S/C17H14N4O/c1-12-10-15(14-4-2-3-5-16(14)20-12)17(22)21-19-11-13-6-8-18-9-7-13/h2-11H,1H3,(H,21,22). The largest absolute Gasteiger partial charge is 0.272 e.